The fourth-order valence-corrected chi connectivity index (χ4v) is 6.07. The molecule has 3 amide bonds. The summed E-state index contributed by atoms with van der Waals surface area (Å²) in [4.78, 5) is 44.7. The van der Waals surface area contributed by atoms with Gasteiger partial charge >= 0.3 is 6.03 Å². The monoisotopic (exact) mass is 470 g/mol. The van der Waals surface area contributed by atoms with Crippen LogP contribution in [0.15, 0.2) is 28.2 Å². The first-order valence-electron chi connectivity index (χ1n) is 10.6. The summed E-state index contributed by atoms with van der Waals surface area (Å²) in [7, 11) is 1.45. The van der Waals surface area contributed by atoms with Crippen molar-refractivity contribution in [1.82, 2.24) is 20.2 Å². The summed E-state index contributed by atoms with van der Waals surface area (Å²) in [5.41, 5.74) is 3.97. The van der Waals surface area contributed by atoms with Gasteiger partial charge in [0.1, 0.15) is 4.83 Å². The van der Waals surface area contributed by atoms with E-state index in [-0.39, 0.29) is 5.56 Å². The van der Waals surface area contributed by atoms with Gasteiger partial charge in [-0.25, -0.2) is 9.78 Å². The Morgan fingerprint density at radius 3 is 2.66 bits per heavy atom. The molecule has 0 aliphatic heterocycles. The van der Waals surface area contributed by atoms with E-state index in [1.165, 1.54) is 23.7 Å². The summed E-state index contributed by atoms with van der Waals surface area (Å²) in [6.45, 7) is 5.73. The summed E-state index contributed by atoms with van der Waals surface area (Å²) in [5.74, 6) is -0.444. The summed E-state index contributed by atoms with van der Waals surface area (Å²) in [5, 5.41) is 5.20. The number of amides is 3. The largest absolute Gasteiger partial charge is 0.341 e. The molecule has 3 aromatic rings. The van der Waals surface area contributed by atoms with Crippen LogP contribution in [-0.2, 0) is 17.6 Å². The Bertz CT molecular complexity index is 1280. The molecule has 1 atom stereocenters. The number of nitrogens with one attached hydrogen (secondary N) is 2. The number of aryl methyl sites for hydroxylation is 4. The van der Waals surface area contributed by atoms with Crippen LogP contribution >= 0.6 is 23.1 Å². The minimum Gasteiger partial charge on any atom is -0.341 e. The molecule has 1 aromatic carbocycles. The maximum Gasteiger partial charge on any atom is 0.321 e. The minimum absolute atomic E-state index is 0.0981. The van der Waals surface area contributed by atoms with E-state index in [1.807, 2.05) is 32.0 Å². The zero-order chi connectivity index (χ0) is 23.0. The van der Waals surface area contributed by atoms with Crippen LogP contribution in [0.5, 0.6) is 0 Å². The lowest BCUT2D eigenvalue weighted by molar-refractivity contribution is -0.119. The predicted molar refractivity (Wildman–Crippen MR) is 129 cm³/mol. The Hall–Kier alpha value is -2.65. The van der Waals surface area contributed by atoms with Crippen molar-refractivity contribution >= 4 is 45.3 Å². The molecule has 0 saturated heterocycles. The number of fused-ring (bicyclic) bond motifs is 3. The van der Waals surface area contributed by atoms with E-state index in [2.05, 4.69) is 10.6 Å². The average molecular weight is 471 g/mol. The number of carbonyl (C=O) groups excluding carboxylic acids is 2. The van der Waals surface area contributed by atoms with Gasteiger partial charge in [-0.3, -0.25) is 19.5 Å². The van der Waals surface area contributed by atoms with E-state index in [1.54, 1.807) is 22.8 Å². The van der Waals surface area contributed by atoms with Crippen molar-refractivity contribution in [3.05, 3.63) is 50.1 Å². The van der Waals surface area contributed by atoms with Gasteiger partial charge in [-0.05, 0) is 75.3 Å². The minimum atomic E-state index is -0.621. The normalized spacial score (nSPS) is 14.1. The van der Waals surface area contributed by atoms with E-state index in [0.29, 0.717) is 10.5 Å². The van der Waals surface area contributed by atoms with Gasteiger partial charge in [-0.15, -0.1) is 11.3 Å². The van der Waals surface area contributed by atoms with E-state index in [4.69, 9.17) is 4.98 Å². The van der Waals surface area contributed by atoms with Crippen LogP contribution in [0.25, 0.3) is 15.9 Å². The van der Waals surface area contributed by atoms with Crippen LogP contribution in [0, 0.1) is 13.8 Å². The molecule has 0 bridgehead atoms. The Morgan fingerprint density at radius 1 is 1.19 bits per heavy atom. The molecule has 7 nitrogen and oxygen atoms in total. The molecule has 4 rings (SSSR count). The van der Waals surface area contributed by atoms with Gasteiger partial charge in [0.05, 0.1) is 16.3 Å². The predicted octanol–water partition coefficient (Wildman–Crippen LogP) is 3.88. The quantitative estimate of drug-likeness (QED) is 0.446. The molecule has 2 N–H and O–H groups in total. The average Bonchev–Trinajstić information content (AvgIpc) is 3.14. The molecular formula is C23H26N4O3S2. The van der Waals surface area contributed by atoms with Crippen LogP contribution in [0.4, 0.5) is 4.79 Å². The Labute approximate surface area is 194 Å². The lowest BCUT2D eigenvalue weighted by atomic mass is 9.97. The lowest BCUT2D eigenvalue weighted by Gasteiger charge is -2.17. The molecule has 2 heterocycles. The summed E-state index contributed by atoms with van der Waals surface area (Å²) >= 11 is 2.76. The Morgan fingerprint density at radius 2 is 1.94 bits per heavy atom. The van der Waals surface area contributed by atoms with Gasteiger partial charge in [0, 0.05) is 11.9 Å². The van der Waals surface area contributed by atoms with Crippen molar-refractivity contribution in [2.24, 2.45) is 0 Å². The molecular weight excluding hydrogens is 444 g/mol. The highest BCUT2D eigenvalue weighted by Gasteiger charge is 2.25. The van der Waals surface area contributed by atoms with Crippen molar-refractivity contribution in [1.29, 1.82) is 0 Å². The molecule has 1 aliphatic rings. The van der Waals surface area contributed by atoms with Crippen LogP contribution in [-0.4, -0.2) is 33.8 Å². The van der Waals surface area contributed by atoms with E-state index >= 15 is 0 Å². The van der Waals surface area contributed by atoms with Crippen molar-refractivity contribution in [3.63, 3.8) is 0 Å². The number of urea groups is 1. The summed E-state index contributed by atoms with van der Waals surface area (Å²) in [6, 6.07) is 5.31. The highest BCUT2D eigenvalue weighted by Crippen LogP contribution is 2.36. The van der Waals surface area contributed by atoms with Gasteiger partial charge in [-0.2, -0.15) is 0 Å². The van der Waals surface area contributed by atoms with Gasteiger partial charge in [-0.1, -0.05) is 17.8 Å². The molecule has 0 saturated carbocycles. The zero-order valence-corrected chi connectivity index (χ0v) is 20.2. The number of hydrogen-bond donors (Lipinski definition) is 2. The molecule has 168 valence electrons. The third-order valence-electron chi connectivity index (χ3n) is 5.82. The SMILES string of the molecule is CNC(=O)NC(=O)C(C)Sc1nc2sc3c(c2c(=O)n1-c1ccc(C)c(C)c1)CCCC3. The van der Waals surface area contributed by atoms with Crippen LogP contribution in [0.1, 0.15) is 41.3 Å². The second-order valence-electron chi connectivity index (χ2n) is 8.02. The van der Waals surface area contributed by atoms with Crippen molar-refractivity contribution in [3.8, 4) is 5.69 Å². The maximum absolute atomic E-state index is 13.8. The maximum atomic E-state index is 13.8. The van der Waals surface area contributed by atoms with Crippen LogP contribution in [0.2, 0.25) is 0 Å². The molecule has 0 spiro atoms. The lowest BCUT2D eigenvalue weighted by Crippen LogP contribution is -2.41. The topological polar surface area (TPSA) is 93.1 Å². The number of carbonyl (C=O) groups is 2. The van der Waals surface area contributed by atoms with E-state index < -0.39 is 17.2 Å². The number of thioether (sulfide) groups is 1. The van der Waals surface area contributed by atoms with Crippen molar-refractivity contribution < 1.29 is 9.59 Å². The number of aromatic nitrogens is 2. The van der Waals surface area contributed by atoms with E-state index in [9.17, 15) is 14.4 Å². The second kappa shape index (κ2) is 9.07. The molecule has 1 unspecified atom stereocenters. The molecule has 1 aliphatic carbocycles. The third kappa shape index (κ3) is 4.19. The fourth-order valence-electron chi connectivity index (χ4n) is 3.85. The first-order valence-corrected chi connectivity index (χ1v) is 12.3. The van der Waals surface area contributed by atoms with Crippen LogP contribution in [0.3, 0.4) is 0 Å². The van der Waals surface area contributed by atoms with Gasteiger partial charge < -0.3 is 5.32 Å². The smallest absolute Gasteiger partial charge is 0.321 e. The molecule has 0 fully saturated rings. The summed E-state index contributed by atoms with van der Waals surface area (Å²) in [6.07, 6.45) is 4.09. The standard InChI is InChI=1S/C23H26N4O3S2/c1-12-9-10-15(11-13(12)2)27-21(29)18-16-7-5-6-8-17(16)32-20(18)26-23(27)31-14(3)19(28)25-22(30)24-4/h9-11,14H,5-8H2,1-4H3,(H2,24,25,28,30). The van der Waals surface area contributed by atoms with E-state index in [0.717, 1.165) is 52.9 Å². The highest BCUT2D eigenvalue weighted by molar-refractivity contribution is 8.00. The van der Waals surface area contributed by atoms with Gasteiger partial charge in [0.25, 0.3) is 5.56 Å². The second-order valence-corrected chi connectivity index (χ2v) is 10.4. The van der Waals surface area contributed by atoms with Gasteiger partial charge in [0.2, 0.25) is 5.91 Å². The molecule has 0 radical (unpaired) electrons. The first-order chi connectivity index (χ1) is 15.3. The number of nitrogens with zero attached hydrogens (tertiary/aromatic N) is 2. The van der Waals surface area contributed by atoms with Crippen molar-refractivity contribution in [2.45, 2.75) is 56.9 Å². The number of benzene rings is 1. The molecule has 2 aromatic heterocycles. The molecule has 9 heteroatoms. The van der Waals surface area contributed by atoms with Crippen LogP contribution < -0.4 is 16.2 Å². The Kier molecular flexibility index (Phi) is 6.39. The Balaban J connectivity index is 1.86. The first kappa shape index (κ1) is 22.5. The van der Waals surface area contributed by atoms with Gasteiger partial charge in [0.15, 0.2) is 5.16 Å². The zero-order valence-electron chi connectivity index (χ0n) is 18.6. The molecule has 32 heavy (non-hydrogen) atoms. The third-order valence-corrected chi connectivity index (χ3v) is 8.06. The fraction of sp³-hybridized carbons (Fsp3) is 0.391. The number of rotatable bonds is 4. The highest BCUT2D eigenvalue weighted by atomic mass is 32.2. The number of thiophene rings is 1. The number of imide groups is 1. The number of hydrogen-bond acceptors (Lipinski definition) is 6. The van der Waals surface area contributed by atoms with Crippen molar-refractivity contribution in [2.75, 3.05) is 7.05 Å². The summed E-state index contributed by atoms with van der Waals surface area (Å²) < 4.78 is 1.62.